The Labute approximate surface area is 171 Å². The number of amides is 1. The lowest BCUT2D eigenvalue weighted by molar-refractivity contribution is 0.100. The van der Waals surface area contributed by atoms with Gasteiger partial charge in [-0.05, 0) is 42.7 Å². The normalized spacial score (nSPS) is 14.9. The summed E-state index contributed by atoms with van der Waals surface area (Å²) in [4.78, 5) is 17.0. The topological polar surface area (TPSA) is 41.5 Å². The second-order valence-electron chi connectivity index (χ2n) is 7.52. The Hall–Kier alpha value is -3.46. The Balaban J connectivity index is 1.63. The van der Waals surface area contributed by atoms with E-state index < -0.39 is 0 Å². The van der Waals surface area contributed by atoms with Crippen LogP contribution in [-0.2, 0) is 6.42 Å². The van der Waals surface area contributed by atoms with E-state index in [-0.39, 0.29) is 5.91 Å². The van der Waals surface area contributed by atoms with Gasteiger partial charge in [-0.15, -0.1) is 0 Å². The van der Waals surface area contributed by atoms with Crippen LogP contribution < -0.4 is 5.32 Å². The predicted molar refractivity (Wildman–Crippen MR) is 119 cm³/mol. The number of hydrogen-bond acceptors (Lipinski definition) is 1. The van der Waals surface area contributed by atoms with Gasteiger partial charge in [0.25, 0.3) is 5.91 Å². The van der Waals surface area contributed by atoms with Crippen LogP contribution in [0.25, 0.3) is 5.57 Å². The van der Waals surface area contributed by atoms with Crippen LogP contribution in [0.4, 0.5) is 0 Å². The van der Waals surface area contributed by atoms with E-state index in [1.165, 1.54) is 22.3 Å². The van der Waals surface area contributed by atoms with E-state index in [0.717, 1.165) is 17.7 Å². The molecule has 0 spiro atoms. The first kappa shape index (κ1) is 18.9. The predicted octanol–water partition coefficient (Wildman–Crippen LogP) is 5.49. The lowest BCUT2D eigenvalue weighted by atomic mass is 9.99. The molecule has 0 saturated carbocycles. The highest BCUT2D eigenvalue weighted by Gasteiger charge is 2.22. The van der Waals surface area contributed by atoms with Gasteiger partial charge in [0.15, 0.2) is 0 Å². The zero-order valence-corrected chi connectivity index (χ0v) is 16.8. The van der Waals surface area contributed by atoms with Crippen molar-refractivity contribution in [3.05, 3.63) is 112 Å². The highest BCUT2D eigenvalue weighted by Crippen LogP contribution is 2.29. The number of nitrogens with zero attached hydrogens (tertiary/aromatic N) is 1. The number of nitrogens with one attached hydrogen (secondary N) is 1. The van der Waals surface area contributed by atoms with Crippen molar-refractivity contribution >= 4 is 17.3 Å². The van der Waals surface area contributed by atoms with Crippen molar-refractivity contribution in [3.63, 3.8) is 0 Å². The number of carbonyl (C=O) groups is 1. The Kier molecular flexibility index (Phi) is 5.39. The first-order valence-electron chi connectivity index (χ1n) is 9.87. The molecule has 0 unspecified atom stereocenters. The molecule has 0 fully saturated rings. The fraction of sp³-hybridized carbons (Fsp3) is 0.154. The van der Waals surface area contributed by atoms with Crippen molar-refractivity contribution in [3.8, 4) is 0 Å². The molecular weight excluding hydrogens is 356 g/mol. The van der Waals surface area contributed by atoms with Crippen molar-refractivity contribution in [1.82, 2.24) is 5.32 Å². The van der Waals surface area contributed by atoms with E-state index in [9.17, 15) is 4.79 Å². The molecule has 0 aromatic heterocycles. The molecule has 0 radical (unpaired) electrons. The largest absolute Gasteiger partial charge is 0.346 e. The number of amidine groups is 1. The van der Waals surface area contributed by atoms with Gasteiger partial charge in [-0.1, -0.05) is 77.9 Å². The summed E-state index contributed by atoms with van der Waals surface area (Å²) < 4.78 is 0. The van der Waals surface area contributed by atoms with Gasteiger partial charge in [0, 0.05) is 24.1 Å². The number of aryl methyl sites for hydroxylation is 2. The molecule has 0 atom stereocenters. The third-order valence-corrected chi connectivity index (χ3v) is 5.16. The highest BCUT2D eigenvalue weighted by atomic mass is 16.1. The molecule has 29 heavy (non-hydrogen) atoms. The second kappa shape index (κ2) is 8.27. The number of aliphatic imine (C=N–C) groups is 1. The fourth-order valence-electron chi connectivity index (χ4n) is 3.50. The van der Waals surface area contributed by atoms with Crippen molar-refractivity contribution in [2.45, 2.75) is 26.7 Å². The van der Waals surface area contributed by atoms with Crippen LogP contribution in [0, 0.1) is 13.8 Å². The van der Waals surface area contributed by atoms with Crippen molar-refractivity contribution in [2.24, 2.45) is 4.99 Å². The third-order valence-electron chi connectivity index (χ3n) is 5.16. The van der Waals surface area contributed by atoms with E-state index in [0.29, 0.717) is 17.8 Å². The number of carbonyl (C=O) groups excluding carboxylic acids is 1. The summed E-state index contributed by atoms with van der Waals surface area (Å²) in [5.74, 6) is 0.494. The Morgan fingerprint density at radius 1 is 0.862 bits per heavy atom. The molecule has 4 rings (SSSR count). The van der Waals surface area contributed by atoms with E-state index in [4.69, 9.17) is 0 Å². The van der Waals surface area contributed by atoms with Crippen molar-refractivity contribution in [2.75, 3.05) is 0 Å². The minimum atomic E-state index is -0.211. The molecule has 3 nitrogen and oxygen atoms in total. The fourth-order valence-corrected chi connectivity index (χ4v) is 3.50. The number of rotatable bonds is 4. The molecule has 0 saturated heterocycles. The Morgan fingerprint density at radius 3 is 2.14 bits per heavy atom. The van der Waals surface area contributed by atoms with E-state index in [2.05, 4.69) is 53.6 Å². The molecule has 3 aromatic carbocycles. The summed E-state index contributed by atoms with van der Waals surface area (Å²) >= 11 is 0. The van der Waals surface area contributed by atoms with Gasteiger partial charge >= 0.3 is 0 Å². The smallest absolute Gasteiger partial charge is 0.278 e. The summed E-state index contributed by atoms with van der Waals surface area (Å²) in [6.45, 7) is 4.09. The number of allylic oxidation sites excluding steroid dienone is 1. The summed E-state index contributed by atoms with van der Waals surface area (Å²) in [5.41, 5.74) is 7.67. The van der Waals surface area contributed by atoms with Crippen LogP contribution >= 0.6 is 0 Å². The van der Waals surface area contributed by atoms with E-state index in [1.54, 1.807) is 0 Å². The van der Waals surface area contributed by atoms with Crippen molar-refractivity contribution < 1.29 is 4.79 Å². The summed E-state index contributed by atoms with van der Waals surface area (Å²) in [6, 6.07) is 26.4. The first-order chi connectivity index (χ1) is 14.1. The molecule has 1 N–H and O–H groups in total. The van der Waals surface area contributed by atoms with Gasteiger partial charge in [0.2, 0.25) is 0 Å². The number of benzene rings is 3. The van der Waals surface area contributed by atoms with Gasteiger partial charge < -0.3 is 5.32 Å². The molecule has 144 valence electrons. The van der Waals surface area contributed by atoms with Crippen LogP contribution in [0.1, 0.15) is 39.0 Å². The standard InChI is InChI=1S/C26H24N2O/c1-18-8-12-21(13-9-18)23-17-25(27-24(23)16-20-6-4-3-5-7-20)28-26(29)22-14-10-19(2)11-15-22/h3-15H,16-17H2,1-2H3,(H,27,28,29). The van der Waals surface area contributed by atoms with Gasteiger partial charge in [-0.25, -0.2) is 0 Å². The zero-order chi connectivity index (χ0) is 20.2. The summed E-state index contributed by atoms with van der Waals surface area (Å²) in [7, 11) is 0. The van der Waals surface area contributed by atoms with Crippen LogP contribution in [0.3, 0.4) is 0 Å². The van der Waals surface area contributed by atoms with Gasteiger partial charge in [-0.2, -0.15) is 4.99 Å². The molecule has 0 bridgehead atoms. The number of hydrogen-bond donors (Lipinski definition) is 1. The van der Waals surface area contributed by atoms with Crippen LogP contribution in [0.5, 0.6) is 0 Å². The third kappa shape index (κ3) is 4.52. The Morgan fingerprint density at radius 2 is 1.48 bits per heavy atom. The van der Waals surface area contributed by atoms with Crippen LogP contribution in [0.15, 0.2) is 89.6 Å². The maximum Gasteiger partial charge on any atom is 0.278 e. The SMILES string of the molecule is Cc1ccc(C(=O)/N=C2/CC(c3ccc(C)cc3)=C(Cc3ccccc3)N2)cc1. The molecular formula is C26H24N2O. The minimum Gasteiger partial charge on any atom is -0.346 e. The monoisotopic (exact) mass is 380 g/mol. The first-order valence-corrected chi connectivity index (χ1v) is 9.87. The lowest BCUT2D eigenvalue weighted by Gasteiger charge is -2.08. The average molecular weight is 380 g/mol. The van der Waals surface area contributed by atoms with Crippen LogP contribution in [-0.4, -0.2) is 11.7 Å². The molecule has 1 aliphatic heterocycles. The molecule has 3 aromatic rings. The minimum absolute atomic E-state index is 0.211. The van der Waals surface area contributed by atoms with Gasteiger partial charge in [-0.3, -0.25) is 4.79 Å². The molecule has 1 aliphatic rings. The average Bonchev–Trinajstić information content (AvgIpc) is 3.11. The highest BCUT2D eigenvalue weighted by molar-refractivity contribution is 6.08. The van der Waals surface area contributed by atoms with E-state index in [1.807, 2.05) is 49.4 Å². The molecule has 3 heteroatoms. The summed E-state index contributed by atoms with van der Waals surface area (Å²) in [5, 5.41) is 3.42. The van der Waals surface area contributed by atoms with Gasteiger partial charge in [0.1, 0.15) is 5.84 Å². The summed E-state index contributed by atoms with van der Waals surface area (Å²) in [6.07, 6.45) is 1.41. The maximum absolute atomic E-state index is 12.6. The maximum atomic E-state index is 12.6. The second-order valence-corrected chi connectivity index (χ2v) is 7.52. The van der Waals surface area contributed by atoms with Crippen LogP contribution in [0.2, 0.25) is 0 Å². The quantitative estimate of drug-likeness (QED) is 0.650. The Bertz CT molecular complexity index is 1080. The molecule has 1 amide bonds. The van der Waals surface area contributed by atoms with E-state index >= 15 is 0 Å². The van der Waals surface area contributed by atoms with Crippen molar-refractivity contribution in [1.29, 1.82) is 0 Å². The zero-order valence-electron chi connectivity index (χ0n) is 16.8. The molecule has 1 heterocycles. The molecule has 0 aliphatic carbocycles. The van der Waals surface area contributed by atoms with Gasteiger partial charge in [0.05, 0.1) is 0 Å². The lowest BCUT2D eigenvalue weighted by Crippen LogP contribution is -2.19.